The number of halogens is 2. The van der Waals surface area contributed by atoms with Crippen LogP contribution in [-0.4, -0.2) is 0 Å². The van der Waals surface area contributed by atoms with Crippen LogP contribution < -0.4 is 0 Å². The fourth-order valence-corrected chi connectivity index (χ4v) is 4.17. The molecule has 2 aromatic carbocycles. The van der Waals surface area contributed by atoms with Crippen LogP contribution in [0, 0.1) is 0 Å². The average molecular weight is 363 g/mol. The minimum atomic E-state index is 0.338. The lowest BCUT2D eigenvalue weighted by Crippen LogP contribution is -2.00. The highest BCUT2D eigenvalue weighted by Gasteiger charge is 2.18. The zero-order chi connectivity index (χ0) is 16.7. The van der Waals surface area contributed by atoms with Gasteiger partial charge in [0.2, 0.25) is 0 Å². The summed E-state index contributed by atoms with van der Waals surface area (Å²) in [7, 11) is 0. The van der Waals surface area contributed by atoms with Gasteiger partial charge in [-0.3, -0.25) is 0 Å². The Balaban J connectivity index is 2.23. The normalized spacial score (nSPS) is 13.3. The predicted molar refractivity (Wildman–Crippen MR) is 106 cm³/mol. The summed E-state index contributed by atoms with van der Waals surface area (Å²) >= 11 is 13.9. The molecule has 0 radical (unpaired) electrons. The molecule has 2 rings (SSSR count). The third-order valence-electron chi connectivity index (χ3n) is 3.57. The Morgan fingerprint density at radius 1 is 0.739 bits per heavy atom. The molecule has 0 aliphatic rings. The van der Waals surface area contributed by atoms with Crippen molar-refractivity contribution in [1.29, 1.82) is 0 Å². The van der Waals surface area contributed by atoms with Gasteiger partial charge in [0.05, 0.1) is 0 Å². The van der Waals surface area contributed by atoms with Crippen LogP contribution in [-0.2, 0) is 0 Å². The van der Waals surface area contributed by atoms with Gasteiger partial charge in [0.1, 0.15) is 0 Å². The van der Waals surface area contributed by atoms with E-state index in [1.165, 1.54) is 11.1 Å². The molecule has 0 nitrogen and oxygen atoms in total. The van der Waals surface area contributed by atoms with E-state index >= 15 is 0 Å². The van der Waals surface area contributed by atoms with E-state index in [0.29, 0.717) is 10.5 Å². The van der Waals surface area contributed by atoms with Gasteiger partial charge in [-0.25, -0.2) is 0 Å². The molecule has 2 atom stereocenters. The van der Waals surface area contributed by atoms with Crippen molar-refractivity contribution in [3.63, 3.8) is 0 Å². The molecule has 2 unspecified atom stereocenters. The molecular weight excluding hydrogens is 343 g/mol. The fourth-order valence-electron chi connectivity index (χ4n) is 2.40. The first kappa shape index (κ1) is 18.2. The van der Waals surface area contributed by atoms with Gasteiger partial charge < -0.3 is 0 Å². The van der Waals surface area contributed by atoms with E-state index in [-0.39, 0.29) is 0 Å². The van der Waals surface area contributed by atoms with Gasteiger partial charge in [-0.1, -0.05) is 59.6 Å². The summed E-state index contributed by atoms with van der Waals surface area (Å²) in [6, 6.07) is 16.1. The van der Waals surface area contributed by atoms with E-state index in [1.807, 2.05) is 48.2 Å². The van der Waals surface area contributed by atoms with Crippen LogP contribution in [0.15, 0.2) is 73.8 Å². The molecule has 2 aromatic rings. The van der Waals surface area contributed by atoms with Gasteiger partial charge in [-0.05, 0) is 48.2 Å². The SMILES string of the molecule is C=CCC(SC(CC=C)c1ccc(Cl)cc1)c1ccc(Cl)cc1. The molecule has 0 aromatic heterocycles. The molecule has 0 aliphatic heterocycles. The van der Waals surface area contributed by atoms with Crippen LogP contribution in [0.2, 0.25) is 10.0 Å². The Bertz CT molecular complexity index is 574. The van der Waals surface area contributed by atoms with E-state index in [0.717, 1.165) is 22.9 Å². The summed E-state index contributed by atoms with van der Waals surface area (Å²) in [5.41, 5.74) is 2.53. The fraction of sp³-hybridized carbons (Fsp3) is 0.200. The van der Waals surface area contributed by atoms with Gasteiger partial charge >= 0.3 is 0 Å². The molecular formula is C20H20Cl2S. The molecule has 23 heavy (non-hydrogen) atoms. The van der Waals surface area contributed by atoms with Crippen LogP contribution in [0.1, 0.15) is 34.5 Å². The van der Waals surface area contributed by atoms with E-state index < -0.39 is 0 Å². The van der Waals surface area contributed by atoms with Crippen LogP contribution in [0.25, 0.3) is 0 Å². The smallest absolute Gasteiger partial charge is 0.0406 e. The van der Waals surface area contributed by atoms with Crippen LogP contribution in [0.4, 0.5) is 0 Å². The van der Waals surface area contributed by atoms with Crippen molar-refractivity contribution in [3.05, 3.63) is 95.0 Å². The Labute approximate surface area is 153 Å². The molecule has 120 valence electrons. The average Bonchev–Trinajstić information content (AvgIpc) is 2.55. The Morgan fingerprint density at radius 3 is 1.39 bits per heavy atom. The van der Waals surface area contributed by atoms with Gasteiger partial charge in [0.25, 0.3) is 0 Å². The number of rotatable bonds is 8. The maximum absolute atomic E-state index is 6.01. The van der Waals surface area contributed by atoms with Gasteiger partial charge in [0.15, 0.2) is 0 Å². The number of thioether (sulfide) groups is 1. The minimum absolute atomic E-state index is 0.338. The Kier molecular flexibility index (Phi) is 7.29. The second-order valence-corrected chi connectivity index (χ2v) is 7.55. The lowest BCUT2D eigenvalue weighted by molar-refractivity contribution is 0.917. The van der Waals surface area contributed by atoms with Gasteiger partial charge in [-0.2, -0.15) is 0 Å². The summed E-state index contributed by atoms with van der Waals surface area (Å²) in [5, 5.41) is 2.20. The second kappa shape index (κ2) is 9.22. The maximum Gasteiger partial charge on any atom is 0.0406 e. The summed E-state index contributed by atoms with van der Waals surface area (Å²) in [4.78, 5) is 0. The number of benzene rings is 2. The number of hydrogen-bond donors (Lipinski definition) is 0. The Hall–Kier alpha value is -1.15. The Morgan fingerprint density at radius 2 is 1.09 bits per heavy atom. The second-order valence-electron chi connectivity index (χ2n) is 5.27. The molecule has 0 bridgehead atoms. The van der Waals surface area contributed by atoms with Crippen molar-refractivity contribution in [1.82, 2.24) is 0 Å². The summed E-state index contributed by atoms with van der Waals surface area (Å²) in [5.74, 6) is 0. The van der Waals surface area contributed by atoms with Gasteiger partial charge in [0, 0.05) is 20.5 Å². The first-order valence-corrected chi connectivity index (χ1v) is 9.22. The highest BCUT2D eigenvalue weighted by Crippen LogP contribution is 2.44. The van der Waals surface area contributed by atoms with Crippen molar-refractivity contribution < 1.29 is 0 Å². The lowest BCUT2D eigenvalue weighted by Gasteiger charge is -2.23. The van der Waals surface area contributed by atoms with Crippen molar-refractivity contribution >= 4 is 35.0 Å². The zero-order valence-electron chi connectivity index (χ0n) is 12.9. The van der Waals surface area contributed by atoms with Crippen LogP contribution >= 0.6 is 35.0 Å². The minimum Gasteiger partial charge on any atom is -0.145 e. The molecule has 0 saturated carbocycles. The monoisotopic (exact) mass is 362 g/mol. The topological polar surface area (TPSA) is 0 Å². The molecule has 0 fully saturated rings. The lowest BCUT2D eigenvalue weighted by atomic mass is 10.1. The predicted octanol–water partition coefficient (Wildman–Crippen LogP) is 7.66. The molecule has 0 N–H and O–H groups in total. The first-order chi connectivity index (χ1) is 11.1. The molecule has 0 spiro atoms. The quantitative estimate of drug-likeness (QED) is 0.434. The summed E-state index contributed by atoms with van der Waals surface area (Å²) in [6.45, 7) is 7.81. The summed E-state index contributed by atoms with van der Waals surface area (Å²) in [6.07, 6.45) is 5.76. The standard InChI is InChI=1S/C20H20Cl2S/c1-3-5-19(15-7-11-17(21)12-8-15)23-20(6-4-2)16-9-13-18(22)14-10-16/h3-4,7-14,19-20H,1-2,5-6H2. The number of allylic oxidation sites excluding steroid dienone is 2. The van der Waals surface area contributed by atoms with Crippen molar-refractivity contribution in [2.75, 3.05) is 0 Å². The maximum atomic E-state index is 6.01. The third-order valence-corrected chi connectivity index (χ3v) is 5.66. The van der Waals surface area contributed by atoms with E-state index in [4.69, 9.17) is 23.2 Å². The van der Waals surface area contributed by atoms with Crippen molar-refractivity contribution in [2.24, 2.45) is 0 Å². The summed E-state index contributed by atoms with van der Waals surface area (Å²) < 4.78 is 0. The molecule has 0 amide bonds. The van der Waals surface area contributed by atoms with E-state index in [1.54, 1.807) is 0 Å². The van der Waals surface area contributed by atoms with Crippen LogP contribution in [0.3, 0.4) is 0 Å². The zero-order valence-corrected chi connectivity index (χ0v) is 15.2. The molecule has 0 saturated heterocycles. The third kappa shape index (κ3) is 5.46. The van der Waals surface area contributed by atoms with E-state index in [2.05, 4.69) is 37.4 Å². The molecule has 3 heteroatoms. The molecule has 0 heterocycles. The van der Waals surface area contributed by atoms with Crippen molar-refractivity contribution in [2.45, 2.75) is 23.3 Å². The van der Waals surface area contributed by atoms with E-state index in [9.17, 15) is 0 Å². The number of hydrogen-bond acceptors (Lipinski definition) is 1. The van der Waals surface area contributed by atoms with Crippen molar-refractivity contribution in [3.8, 4) is 0 Å². The molecule has 0 aliphatic carbocycles. The van der Waals surface area contributed by atoms with Gasteiger partial charge in [-0.15, -0.1) is 24.9 Å². The highest BCUT2D eigenvalue weighted by atomic mass is 35.5. The van der Waals surface area contributed by atoms with Crippen LogP contribution in [0.5, 0.6) is 0 Å². The largest absolute Gasteiger partial charge is 0.145 e. The first-order valence-electron chi connectivity index (χ1n) is 7.52. The highest BCUT2D eigenvalue weighted by molar-refractivity contribution is 7.99.